The highest BCUT2D eigenvalue weighted by Crippen LogP contribution is 2.41. The third-order valence-electron chi connectivity index (χ3n) is 5.67. The third kappa shape index (κ3) is 3.61. The number of hydrogen-bond donors (Lipinski definition) is 3. The van der Waals surface area contributed by atoms with Crippen molar-refractivity contribution < 1.29 is 9.59 Å². The van der Waals surface area contributed by atoms with Gasteiger partial charge in [0, 0.05) is 31.1 Å². The van der Waals surface area contributed by atoms with Crippen LogP contribution in [0.3, 0.4) is 0 Å². The standard InChI is InChI=1S/C19H27N3O2/c1-21-18(23)15-7-2-4-12(8-15)11-22-19(24)16-9-13-5-3-6-14(10-16)17(13)20/h2,4,7-8,13-14,16-17H,3,5-6,9-11,20H2,1H3,(H,21,23)(H,22,24). The summed E-state index contributed by atoms with van der Waals surface area (Å²) in [6, 6.07) is 7.65. The van der Waals surface area contributed by atoms with E-state index in [2.05, 4.69) is 10.6 Å². The summed E-state index contributed by atoms with van der Waals surface area (Å²) in [7, 11) is 1.61. The zero-order valence-corrected chi connectivity index (χ0v) is 14.3. The van der Waals surface area contributed by atoms with Crippen LogP contribution in [-0.4, -0.2) is 24.9 Å². The zero-order chi connectivity index (χ0) is 17.1. The average molecular weight is 329 g/mol. The molecule has 1 aromatic rings. The van der Waals surface area contributed by atoms with Gasteiger partial charge in [-0.15, -0.1) is 0 Å². The number of nitrogens with one attached hydrogen (secondary N) is 2. The zero-order valence-electron chi connectivity index (χ0n) is 14.3. The van der Waals surface area contributed by atoms with E-state index in [1.807, 2.05) is 18.2 Å². The lowest BCUT2D eigenvalue weighted by molar-refractivity contribution is -0.128. The van der Waals surface area contributed by atoms with E-state index < -0.39 is 0 Å². The number of hydrogen-bond acceptors (Lipinski definition) is 3. The fraction of sp³-hybridized carbons (Fsp3) is 0.579. The van der Waals surface area contributed by atoms with Crippen molar-refractivity contribution in [1.29, 1.82) is 0 Å². The number of carbonyl (C=O) groups is 2. The molecule has 2 atom stereocenters. The molecule has 0 saturated heterocycles. The van der Waals surface area contributed by atoms with Crippen LogP contribution in [0.2, 0.25) is 0 Å². The monoisotopic (exact) mass is 329 g/mol. The summed E-state index contributed by atoms with van der Waals surface area (Å²) in [4.78, 5) is 24.2. The maximum atomic E-state index is 12.6. The maximum absolute atomic E-state index is 12.6. The molecule has 24 heavy (non-hydrogen) atoms. The van der Waals surface area contributed by atoms with Crippen molar-refractivity contribution in [1.82, 2.24) is 10.6 Å². The first kappa shape index (κ1) is 17.0. The normalized spacial score (nSPS) is 28.9. The van der Waals surface area contributed by atoms with Crippen molar-refractivity contribution in [3.63, 3.8) is 0 Å². The van der Waals surface area contributed by atoms with E-state index in [0.29, 0.717) is 23.9 Å². The third-order valence-corrected chi connectivity index (χ3v) is 5.67. The second kappa shape index (κ2) is 7.34. The van der Waals surface area contributed by atoms with Crippen molar-refractivity contribution in [2.75, 3.05) is 7.05 Å². The highest BCUT2D eigenvalue weighted by atomic mass is 16.2. The van der Waals surface area contributed by atoms with Crippen molar-refractivity contribution in [2.45, 2.75) is 44.7 Å². The molecule has 2 saturated carbocycles. The number of nitrogens with two attached hydrogens (primary N) is 1. The van der Waals surface area contributed by atoms with Gasteiger partial charge in [-0.2, -0.15) is 0 Å². The number of fused-ring (bicyclic) bond motifs is 2. The summed E-state index contributed by atoms with van der Waals surface area (Å²) < 4.78 is 0. The Bertz CT molecular complexity index is 602. The molecule has 2 amide bonds. The van der Waals surface area contributed by atoms with Crippen LogP contribution in [0.15, 0.2) is 24.3 Å². The van der Waals surface area contributed by atoms with Crippen LogP contribution in [0, 0.1) is 17.8 Å². The van der Waals surface area contributed by atoms with Gasteiger partial charge in [0.05, 0.1) is 0 Å². The molecular weight excluding hydrogens is 302 g/mol. The summed E-state index contributed by atoms with van der Waals surface area (Å²) >= 11 is 0. The van der Waals surface area contributed by atoms with Crippen LogP contribution >= 0.6 is 0 Å². The lowest BCUT2D eigenvalue weighted by Gasteiger charge is -2.43. The van der Waals surface area contributed by atoms with Gasteiger partial charge in [0.1, 0.15) is 0 Å². The molecule has 4 N–H and O–H groups in total. The minimum atomic E-state index is -0.114. The van der Waals surface area contributed by atoms with Crippen LogP contribution in [0.4, 0.5) is 0 Å². The van der Waals surface area contributed by atoms with E-state index in [0.717, 1.165) is 31.2 Å². The van der Waals surface area contributed by atoms with Crippen LogP contribution in [0.1, 0.15) is 48.0 Å². The largest absolute Gasteiger partial charge is 0.355 e. The lowest BCUT2D eigenvalue weighted by Crippen LogP contribution is -2.49. The molecule has 5 nitrogen and oxygen atoms in total. The average Bonchev–Trinajstić information content (AvgIpc) is 2.59. The van der Waals surface area contributed by atoms with Crippen molar-refractivity contribution in [3.05, 3.63) is 35.4 Å². The Hall–Kier alpha value is -1.88. The van der Waals surface area contributed by atoms with Gasteiger partial charge < -0.3 is 16.4 Å². The molecule has 5 heteroatoms. The molecule has 2 aliphatic carbocycles. The molecule has 2 bridgehead atoms. The quantitative estimate of drug-likeness (QED) is 0.788. The number of rotatable bonds is 4. The fourth-order valence-electron chi connectivity index (χ4n) is 4.30. The Kier molecular flexibility index (Phi) is 5.19. The van der Waals surface area contributed by atoms with Gasteiger partial charge in [-0.1, -0.05) is 18.6 Å². The number of amides is 2. The highest BCUT2D eigenvalue weighted by molar-refractivity contribution is 5.94. The van der Waals surface area contributed by atoms with Crippen molar-refractivity contribution >= 4 is 11.8 Å². The molecule has 2 unspecified atom stereocenters. The fourth-order valence-corrected chi connectivity index (χ4v) is 4.30. The SMILES string of the molecule is CNC(=O)c1cccc(CNC(=O)C2CC3CCCC(C2)C3N)c1. The molecule has 0 aliphatic heterocycles. The first-order valence-electron chi connectivity index (χ1n) is 8.92. The summed E-state index contributed by atoms with van der Waals surface area (Å²) in [5, 5.41) is 5.66. The molecule has 0 spiro atoms. The van der Waals surface area contributed by atoms with E-state index in [1.54, 1.807) is 13.1 Å². The minimum absolute atomic E-state index is 0.0854. The van der Waals surface area contributed by atoms with Crippen LogP contribution in [0.25, 0.3) is 0 Å². The molecule has 3 rings (SSSR count). The van der Waals surface area contributed by atoms with Gasteiger partial charge in [0.2, 0.25) is 5.91 Å². The van der Waals surface area contributed by atoms with Gasteiger partial charge in [0.25, 0.3) is 5.91 Å². The van der Waals surface area contributed by atoms with Gasteiger partial charge >= 0.3 is 0 Å². The molecule has 0 aromatic heterocycles. The molecule has 0 heterocycles. The smallest absolute Gasteiger partial charge is 0.251 e. The summed E-state index contributed by atoms with van der Waals surface area (Å²) in [6.45, 7) is 0.460. The number of carbonyl (C=O) groups excluding carboxylic acids is 2. The highest BCUT2D eigenvalue weighted by Gasteiger charge is 2.40. The van der Waals surface area contributed by atoms with Gasteiger partial charge in [-0.25, -0.2) is 0 Å². The molecule has 0 radical (unpaired) electrons. The van der Waals surface area contributed by atoms with E-state index in [9.17, 15) is 9.59 Å². The Labute approximate surface area is 143 Å². The Morgan fingerprint density at radius 3 is 2.58 bits per heavy atom. The Morgan fingerprint density at radius 2 is 1.92 bits per heavy atom. The van der Waals surface area contributed by atoms with Crippen LogP contribution in [0.5, 0.6) is 0 Å². The second-order valence-corrected chi connectivity index (χ2v) is 7.19. The second-order valence-electron chi connectivity index (χ2n) is 7.19. The molecule has 2 aliphatic rings. The predicted octanol–water partition coefficient (Wildman–Crippen LogP) is 1.82. The van der Waals surface area contributed by atoms with E-state index in [-0.39, 0.29) is 23.8 Å². The van der Waals surface area contributed by atoms with Gasteiger partial charge in [0.15, 0.2) is 0 Å². The first-order chi connectivity index (χ1) is 11.6. The maximum Gasteiger partial charge on any atom is 0.251 e. The van der Waals surface area contributed by atoms with Crippen molar-refractivity contribution in [2.24, 2.45) is 23.5 Å². The lowest BCUT2D eigenvalue weighted by atomic mass is 9.65. The molecule has 1 aromatic carbocycles. The Morgan fingerprint density at radius 1 is 1.21 bits per heavy atom. The Balaban J connectivity index is 1.57. The van der Waals surface area contributed by atoms with Crippen LogP contribution < -0.4 is 16.4 Å². The minimum Gasteiger partial charge on any atom is -0.355 e. The molecular formula is C19H27N3O2. The van der Waals surface area contributed by atoms with Gasteiger partial charge in [-0.05, 0) is 55.2 Å². The van der Waals surface area contributed by atoms with Crippen LogP contribution in [-0.2, 0) is 11.3 Å². The number of benzene rings is 1. The molecule has 2 fully saturated rings. The van der Waals surface area contributed by atoms with Gasteiger partial charge in [-0.3, -0.25) is 9.59 Å². The summed E-state index contributed by atoms with van der Waals surface area (Å²) in [6.07, 6.45) is 5.42. The predicted molar refractivity (Wildman–Crippen MR) is 93.2 cm³/mol. The summed E-state index contributed by atoms with van der Waals surface area (Å²) in [5.41, 5.74) is 7.86. The summed E-state index contributed by atoms with van der Waals surface area (Å²) in [5.74, 6) is 1.11. The topological polar surface area (TPSA) is 84.2 Å². The van der Waals surface area contributed by atoms with E-state index in [1.165, 1.54) is 6.42 Å². The van der Waals surface area contributed by atoms with E-state index in [4.69, 9.17) is 5.73 Å². The van der Waals surface area contributed by atoms with Crippen molar-refractivity contribution in [3.8, 4) is 0 Å². The molecule has 130 valence electrons. The first-order valence-corrected chi connectivity index (χ1v) is 8.92. The van der Waals surface area contributed by atoms with E-state index >= 15 is 0 Å².